The van der Waals surface area contributed by atoms with Crippen molar-refractivity contribution in [3.63, 3.8) is 0 Å². The van der Waals surface area contributed by atoms with Crippen molar-refractivity contribution in [1.29, 1.82) is 0 Å². The van der Waals surface area contributed by atoms with Gasteiger partial charge in [-0.25, -0.2) is 9.37 Å². The molecule has 2 nitrogen and oxygen atoms in total. The Morgan fingerprint density at radius 1 is 1.00 bits per heavy atom. The van der Waals surface area contributed by atoms with E-state index < -0.39 is 0 Å². The third-order valence-electron chi connectivity index (χ3n) is 4.30. The molecule has 0 aliphatic heterocycles. The van der Waals surface area contributed by atoms with E-state index in [4.69, 9.17) is 21.3 Å². The minimum atomic E-state index is -0.264. The standard InChI is InChI=1S/C23H17ClFNOS2/c1-28-20-11-7-16(8-12-20)23-22(15-5-9-18(25)10-6-15)26-21(29-23)14-27-19-4-2-3-17(24)13-19/h2-13H,14H2,1H3. The van der Waals surface area contributed by atoms with Crippen LogP contribution in [-0.2, 0) is 6.61 Å². The number of aromatic nitrogens is 1. The second kappa shape index (κ2) is 8.99. The van der Waals surface area contributed by atoms with Gasteiger partial charge in [-0.1, -0.05) is 29.8 Å². The molecule has 0 spiro atoms. The van der Waals surface area contributed by atoms with Gasteiger partial charge in [0.25, 0.3) is 0 Å². The van der Waals surface area contributed by atoms with Gasteiger partial charge < -0.3 is 4.74 Å². The summed E-state index contributed by atoms with van der Waals surface area (Å²) in [6, 6.07) is 22.1. The van der Waals surface area contributed by atoms with Gasteiger partial charge in [-0.2, -0.15) is 0 Å². The first-order chi connectivity index (χ1) is 14.1. The average molecular weight is 442 g/mol. The van der Waals surface area contributed by atoms with Gasteiger partial charge >= 0.3 is 0 Å². The lowest BCUT2D eigenvalue weighted by Gasteiger charge is -2.04. The van der Waals surface area contributed by atoms with Gasteiger partial charge in [-0.15, -0.1) is 23.1 Å². The fraction of sp³-hybridized carbons (Fsp3) is 0.0870. The largest absolute Gasteiger partial charge is 0.486 e. The van der Waals surface area contributed by atoms with E-state index >= 15 is 0 Å². The molecule has 4 aromatic rings. The lowest BCUT2D eigenvalue weighted by Crippen LogP contribution is -1.94. The summed E-state index contributed by atoms with van der Waals surface area (Å²) in [6.45, 7) is 0.335. The Kier molecular flexibility index (Phi) is 6.19. The highest BCUT2D eigenvalue weighted by atomic mass is 35.5. The maximum atomic E-state index is 13.4. The number of hydrogen-bond donors (Lipinski definition) is 0. The van der Waals surface area contributed by atoms with Crippen molar-refractivity contribution in [3.05, 3.63) is 88.6 Å². The summed E-state index contributed by atoms with van der Waals surface area (Å²) >= 11 is 9.31. The molecule has 3 aromatic carbocycles. The second-order valence-electron chi connectivity index (χ2n) is 6.27. The monoisotopic (exact) mass is 441 g/mol. The first-order valence-corrected chi connectivity index (χ1v) is 11.3. The van der Waals surface area contributed by atoms with E-state index in [2.05, 4.69) is 30.5 Å². The van der Waals surface area contributed by atoms with Crippen LogP contribution in [0.3, 0.4) is 0 Å². The molecule has 6 heteroatoms. The molecule has 1 heterocycles. The molecule has 0 fully saturated rings. The third kappa shape index (κ3) is 4.81. The van der Waals surface area contributed by atoms with Crippen LogP contribution in [0.15, 0.2) is 77.7 Å². The van der Waals surface area contributed by atoms with E-state index in [0.717, 1.165) is 26.7 Å². The summed E-state index contributed by atoms with van der Waals surface area (Å²) in [5, 5.41) is 1.47. The number of ether oxygens (including phenoxy) is 1. The Labute approximate surface area is 182 Å². The van der Waals surface area contributed by atoms with Crippen molar-refractivity contribution in [2.75, 3.05) is 6.26 Å². The van der Waals surface area contributed by atoms with E-state index in [9.17, 15) is 4.39 Å². The van der Waals surface area contributed by atoms with Crippen LogP contribution in [0.4, 0.5) is 4.39 Å². The minimum absolute atomic E-state index is 0.264. The van der Waals surface area contributed by atoms with Crippen molar-refractivity contribution in [2.45, 2.75) is 11.5 Å². The molecule has 0 unspecified atom stereocenters. The van der Waals surface area contributed by atoms with Crippen LogP contribution < -0.4 is 4.74 Å². The summed E-state index contributed by atoms with van der Waals surface area (Å²) < 4.78 is 19.3. The fourth-order valence-electron chi connectivity index (χ4n) is 2.87. The zero-order valence-electron chi connectivity index (χ0n) is 15.6. The van der Waals surface area contributed by atoms with Crippen LogP contribution in [0, 0.1) is 5.82 Å². The van der Waals surface area contributed by atoms with Gasteiger partial charge in [0.2, 0.25) is 0 Å². The molecule has 0 amide bonds. The van der Waals surface area contributed by atoms with Gasteiger partial charge in [0.05, 0.1) is 10.6 Å². The lowest BCUT2D eigenvalue weighted by molar-refractivity contribution is 0.305. The number of halogens is 2. The van der Waals surface area contributed by atoms with Crippen molar-refractivity contribution < 1.29 is 9.13 Å². The maximum absolute atomic E-state index is 13.4. The number of hydrogen-bond acceptors (Lipinski definition) is 4. The smallest absolute Gasteiger partial charge is 0.140 e. The number of benzene rings is 3. The molecule has 0 aliphatic carbocycles. The van der Waals surface area contributed by atoms with Crippen LogP contribution in [0.25, 0.3) is 21.7 Å². The van der Waals surface area contributed by atoms with Gasteiger partial charge in [0.15, 0.2) is 0 Å². The number of thioether (sulfide) groups is 1. The van der Waals surface area contributed by atoms with E-state index in [1.165, 1.54) is 17.0 Å². The van der Waals surface area contributed by atoms with Crippen molar-refractivity contribution >= 4 is 34.7 Å². The van der Waals surface area contributed by atoms with Crippen LogP contribution in [0.5, 0.6) is 5.75 Å². The highest BCUT2D eigenvalue weighted by molar-refractivity contribution is 7.98. The predicted molar refractivity (Wildman–Crippen MR) is 121 cm³/mol. The molecule has 29 heavy (non-hydrogen) atoms. The first kappa shape index (κ1) is 20.0. The molecule has 4 rings (SSSR count). The van der Waals surface area contributed by atoms with Gasteiger partial charge in [0, 0.05) is 15.5 Å². The topological polar surface area (TPSA) is 22.1 Å². The second-order valence-corrected chi connectivity index (χ2v) is 8.67. The van der Waals surface area contributed by atoms with Crippen molar-refractivity contribution in [3.8, 4) is 27.4 Å². The maximum Gasteiger partial charge on any atom is 0.140 e. The van der Waals surface area contributed by atoms with Gasteiger partial charge in [0.1, 0.15) is 23.2 Å². The van der Waals surface area contributed by atoms with Crippen molar-refractivity contribution in [2.24, 2.45) is 0 Å². The van der Waals surface area contributed by atoms with Crippen LogP contribution in [0.1, 0.15) is 5.01 Å². The average Bonchev–Trinajstić information content (AvgIpc) is 3.17. The van der Waals surface area contributed by atoms with Crippen LogP contribution in [-0.4, -0.2) is 11.2 Å². The molecule has 0 atom stereocenters. The predicted octanol–water partition coefficient (Wildman–Crippen LogP) is 7.57. The van der Waals surface area contributed by atoms with Gasteiger partial charge in [-0.05, 0) is 66.4 Å². The Morgan fingerprint density at radius 2 is 1.72 bits per heavy atom. The molecular weight excluding hydrogens is 425 g/mol. The van der Waals surface area contributed by atoms with E-state index in [1.54, 1.807) is 47.4 Å². The Hall–Kier alpha value is -2.34. The highest BCUT2D eigenvalue weighted by Gasteiger charge is 2.16. The molecule has 0 bridgehead atoms. The Morgan fingerprint density at radius 3 is 2.41 bits per heavy atom. The normalized spacial score (nSPS) is 10.9. The van der Waals surface area contributed by atoms with Crippen LogP contribution in [0.2, 0.25) is 5.02 Å². The molecule has 0 radical (unpaired) electrons. The van der Waals surface area contributed by atoms with Crippen LogP contribution >= 0.6 is 34.7 Å². The molecule has 0 aliphatic rings. The summed E-state index contributed by atoms with van der Waals surface area (Å²) in [7, 11) is 0. The Bertz CT molecular complexity index is 1110. The van der Waals surface area contributed by atoms with E-state index in [-0.39, 0.29) is 5.82 Å². The van der Waals surface area contributed by atoms with Crippen molar-refractivity contribution in [1.82, 2.24) is 4.98 Å². The van der Waals surface area contributed by atoms with E-state index in [1.807, 2.05) is 12.1 Å². The molecule has 0 saturated carbocycles. The Balaban J connectivity index is 1.68. The summed E-state index contributed by atoms with van der Waals surface area (Å²) in [5.74, 6) is 0.432. The SMILES string of the molecule is CSc1ccc(-c2sc(COc3cccc(Cl)c3)nc2-c2ccc(F)cc2)cc1. The number of thiazole rings is 1. The minimum Gasteiger partial charge on any atom is -0.486 e. The molecular formula is C23H17ClFNOS2. The molecule has 0 N–H and O–H groups in total. The number of nitrogens with zero attached hydrogens (tertiary/aromatic N) is 1. The lowest BCUT2D eigenvalue weighted by atomic mass is 10.1. The van der Waals surface area contributed by atoms with Gasteiger partial charge in [-0.3, -0.25) is 0 Å². The molecule has 1 aromatic heterocycles. The number of rotatable bonds is 6. The quantitative estimate of drug-likeness (QED) is 0.288. The zero-order chi connectivity index (χ0) is 20.2. The summed E-state index contributed by atoms with van der Waals surface area (Å²) in [6.07, 6.45) is 2.05. The first-order valence-electron chi connectivity index (χ1n) is 8.91. The summed E-state index contributed by atoms with van der Waals surface area (Å²) in [5.41, 5.74) is 2.78. The summed E-state index contributed by atoms with van der Waals surface area (Å²) in [4.78, 5) is 7.04. The molecule has 146 valence electrons. The highest BCUT2D eigenvalue weighted by Crippen LogP contribution is 2.38. The van der Waals surface area contributed by atoms with E-state index in [0.29, 0.717) is 17.4 Å². The fourth-order valence-corrected chi connectivity index (χ4v) is 4.46. The molecule has 0 saturated heterocycles. The zero-order valence-corrected chi connectivity index (χ0v) is 18.0. The third-order valence-corrected chi connectivity index (χ3v) is 6.36.